The molecule has 4 heteroatoms. The molecule has 1 aromatic rings. The van der Waals surface area contributed by atoms with Crippen LogP contribution >= 0.6 is 0 Å². The first-order valence-electron chi connectivity index (χ1n) is 6.23. The van der Waals surface area contributed by atoms with Crippen molar-refractivity contribution in [1.82, 2.24) is 10.3 Å². The maximum Gasteiger partial charge on any atom is 0.216 e. The van der Waals surface area contributed by atoms with Crippen molar-refractivity contribution in [2.75, 3.05) is 7.05 Å². The summed E-state index contributed by atoms with van der Waals surface area (Å²) in [4.78, 5) is 13.6. The van der Waals surface area contributed by atoms with Crippen LogP contribution in [0.5, 0.6) is 5.75 Å². The number of hydrogen-bond acceptors (Lipinski definition) is 3. The first kappa shape index (κ1) is 17.6. The van der Waals surface area contributed by atoms with Crippen LogP contribution in [-0.4, -0.2) is 17.9 Å². The molecule has 1 heterocycles. The number of allylic oxidation sites excluding steroid dienone is 5. The van der Waals surface area contributed by atoms with E-state index in [1.165, 1.54) is 6.92 Å². The van der Waals surface area contributed by atoms with Gasteiger partial charge in [-0.15, -0.1) is 0 Å². The van der Waals surface area contributed by atoms with Gasteiger partial charge in [0, 0.05) is 26.4 Å². The van der Waals surface area contributed by atoms with Crippen molar-refractivity contribution in [3.63, 3.8) is 0 Å². The predicted octanol–water partition coefficient (Wildman–Crippen LogP) is 3.25. The SMILES string of the molecule is C=C/C(C)=C\C=C(/C)Oc1ccncc1.CNC(C)=O. The molecule has 0 saturated heterocycles. The molecule has 0 aliphatic heterocycles. The van der Waals surface area contributed by atoms with E-state index in [0.29, 0.717) is 0 Å². The average Bonchev–Trinajstić information content (AvgIpc) is 2.46. The average molecular weight is 274 g/mol. The highest BCUT2D eigenvalue weighted by Gasteiger charge is 1.92. The lowest BCUT2D eigenvalue weighted by molar-refractivity contribution is -0.118. The van der Waals surface area contributed by atoms with E-state index < -0.39 is 0 Å². The van der Waals surface area contributed by atoms with Crippen LogP contribution in [0.3, 0.4) is 0 Å². The zero-order chi connectivity index (χ0) is 15.4. The van der Waals surface area contributed by atoms with Crippen LogP contribution in [0.4, 0.5) is 0 Å². The number of pyridine rings is 1. The fourth-order valence-electron chi connectivity index (χ4n) is 0.943. The van der Waals surface area contributed by atoms with Gasteiger partial charge in [-0.25, -0.2) is 0 Å². The zero-order valence-electron chi connectivity index (χ0n) is 12.5. The van der Waals surface area contributed by atoms with Gasteiger partial charge in [-0.2, -0.15) is 0 Å². The third-order valence-electron chi connectivity index (χ3n) is 2.18. The number of amides is 1. The van der Waals surface area contributed by atoms with Gasteiger partial charge in [0.2, 0.25) is 5.91 Å². The van der Waals surface area contributed by atoms with Crippen molar-refractivity contribution in [1.29, 1.82) is 0 Å². The highest BCUT2D eigenvalue weighted by molar-refractivity contribution is 5.72. The third-order valence-corrected chi connectivity index (χ3v) is 2.18. The first-order valence-corrected chi connectivity index (χ1v) is 6.23. The van der Waals surface area contributed by atoms with Gasteiger partial charge >= 0.3 is 0 Å². The second kappa shape index (κ2) is 10.6. The molecular weight excluding hydrogens is 252 g/mol. The number of aromatic nitrogens is 1. The predicted molar refractivity (Wildman–Crippen MR) is 82.3 cm³/mol. The Labute approximate surface area is 120 Å². The lowest BCUT2D eigenvalue weighted by Crippen LogP contribution is -2.11. The van der Waals surface area contributed by atoms with Gasteiger partial charge in [-0.3, -0.25) is 9.78 Å². The highest BCUT2D eigenvalue weighted by atomic mass is 16.5. The summed E-state index contributed by atoms with van der Waals surface area (Å²) in [5.74, 6) is 1.64. The van der Waals surface area contributed by atoms with Crippen molar-refractivity contribution in [2.24, 2.45) is 0 Å². The first-order chi connectivity index (χ1) is 9.49. The molecule has 1 aromatic heterocycles. The molecule has 20 heavy (non-hydrogen) atoms. The summed E-state index contributed by atoms with van der Waals surface area (Å²) in [6.45, 7) is 9.05. The van der Waals surface area contributed by atoms with Gasteiger partial charge in [0.15, 0.2) is 0 Å². The molecule has 0 radical (unpaired) electrons. The number of rotatable bonds is 4. The normalized spacial score (nSPS) is 11.0. The molecule has 0 aromatic carbocycles. The van der Waals surface area contributed by atoms with E-state index in [2.05, 4.69) is 16.9 Å². The Morgan fingerprint density at radius 1 is 1.25 bits per heavy atom. The van der Waals surface area contributed by atoms with E-state index in [9.17, 15) is 4.79 Å². The Morgan fingerprint density at radius 2 is 1.80 bits per heavy atom. The summed E-state index contributed by atoms with van der Waals surface area (Å²) in [5.41, 5.74) is 1.10. The summed E-state index contributed by atoms with van der Waals surface area (Å²) in [7, 11) is 1.60. The van der Waals surface area contributed by atoms with Gasteiger partial charge in [-0.1, -0.05) is 24.3 Å². The molecule has 0 saturated carbocycles. The van der Waals surface area contributed by atoms with Crippen molar-refractivity contribution < 1.29 is 9.53 Å². The number of carbonyl (C=O) groups excluding carboxylic acids is 1. The van der Waals surface area contributed by atoms with Crippen molar-refractivity contribution in [3.8, 4) is 5.75 Å². The fraction of sp³-hybridized carbons (Fsp3) is 0.250. The fourth-order valence-corrected chi connectivity index (χ4v) is 0.943. The smallest absolute Gasteiger partial charge is 0.216 e. The summed E-state index contributed by atoms with van der Waals surface area (Å²) in [6, 6.07) is 3.64. The van der Waals surface area contributed by atoms with Crippen LogP contribution in [-0.2, 0) is 4.79 Å². The molecule has 0 aliphatic rings. The molecule has 108 valence electrons. The summed E-state index contributed by atoms with van der Waals surface area (Å²) >= 11 is 0. The van der Waals surface area contributed by atoms with Crippen molar-refractivity contribution >= 4 is 5.91 Å². The van der Waals surface area contributed by atoms with Gasteiger partial charge in [-0.05, 0) is 32.1 Å². The standard InChI is InChI=1S/C13H15NO.C3H7NO/c1-4-11(2)5-6-12(3)15-13-7-9-14-10-8-13;1-3(5)4-2/h4-10H,1H2,2-3H3;1-2H3,(H,4,5)/b11-5-,12-6+;. The Bertz CT molecular complexity index is 477. The van der Waals surface area contributed by atoms with Crippen LogP contribution in [0.15, 0.2) is 60.7 Å². The molecule has 4 nitrogen and oxygen atoms in total. The van der Waals surface area contributed by atoms with Gasteiger partial charge in [0.25, 0.3) is 0 Å². The summed E-state index contributed by atoms with van der Waals surface area (Å²) in [5, 5.41) is 2.39. The highest BCUT2D eigenvalue weighted by Crippen LogP contribution is 2.11. The van der Waals surface area contributed by atoms with Crippen LogP contribution in [0.1, 0.15) is 20.8 Å². The van der Waals surface area contributed by atoms with Crippen LogP contribution < -0.4 is 10.1 Å². The lowest BCUT2D eigenvalue weighted by atomic mass is 10.2. The summed E-state index contributed by atoms with van der Waals surface area (Å²) < 4.78 is 5.55. The van der Waals surface area contributed by atoms with E-state index in [-0.39, 0.29) is 5.91 Å². The van der Waals surface area contributed by atoms with E-state index >= 15 is 0 Å². The molecule has 0 bridgehead atoms. The van der Waals surface area contributed by atoms with E-state index in [1.807, 2.05) is 38.1 Å². The van der Waals surface area contributed by atoms with Gasteiger partial charge in [0.05, 0.1) is 0 Å². The minimum atomic E-state index is 0.00463. The molecule has 1 amide bonds. The van der Waals surface area contributed by atoms with Crippen LogP contribution in [0, 0.1) is 0 Å². The van der Waals surface area contributed by atoms with Gasteiger partial charge < -0.3 is 10.1 Å². The van der Waals surface area contributed by atoms with Crippen molar-refractivity contribution in [2.45, 2.75) is 20.8 Å². The topological polar surface area (TPSA) is 51.2 Å². The molecule has 0 aliphatic carbocycles. The van der Waals surface area contributed by atoms with Crippen LogP contribution in [0.25, 0.3) is 0 Å². The zero-order valence-corrected chi connectivity index (χ0v) is 12.5. The quantitative estimate of drug-likeness (QED) is 0.677. The number of hydrogen-bond donors (Lipinski definition) is 1. The Hall–Kier alpha value is -2.36. The van der Waals surface area contributed by atoms with Gasteiger partial charge in [0.1, 0.15) is 11.5 Å². The van der Waals surface area contributed by atoms with Crippen molar-refractivity contribution in [3.05, 3.63) is 60.7 Å². The number of nitrogens with one attached hydrogen (secondary N) is 1. The molecule has 0 unspecified atom stereocenters. The van der Waals surface area contributed by atoms with E-state index in [1.54, 1.807) is 25.5 Å². The molecule has 1 rings (SSSR count). The minimum Gasteiger partial charge on any atom is -0.462 e. The number of nitrogens with zero attached hydrogens (tertiary/aromatic N) is 1. The monoisotopic (exact) mass is 274 g/mol. The van der Waals surface area contributed by atoms with E-state index in [0.717, 1.165) is 17.1 Å². The lowest BCUT2D eigenvalue weighted by Gasteiger charge is -2.03. The number of carbonyl (C=O) groups is 1. The van der Waals surface area contributed by atoms with Crippen LogP contribution in [0.2, 0.25) is 0 Å². The second-order valence-electron chi connectivity index (χ2n) is 3.98. The molecule has 0 spiro atoms. The largest absolute Gasteiger partial charge is 0.462 e. The minimum absolute atomic E-state index is 0.00463. The maximum atomic E-state index is 9.70. The molecule has 0 atom stereocenters. The second-order valence-corrected chi connectivity index (χ2v) is 3.98. The van der Waals surface area contributed by atoms with E-state index in [4.69, 9.17) is 4.74 Å². The Morgan fingerprint density at radius 3 is 2.25 bits per heavy atom. The number of ether oxygens (including phenoxy) is 1. The molecule has 1 N–H and O–H groups in total. The Kier molecular flexibility index (Phi) is 9.31. The maximum absolute atomic E-state index is 9.70. The molecule has 0 fully saturated rings. The third kappa shape index (κ3) is 9.65. The Balaban J connectivity index is 0.000000621. The summed E-state index contributed by atoms with van der Waals surface area (Å²) in [6.07, 6.45) is 9.08. The molecular formula is C16H22N2O2.